The van der Waals surface area contributed by atoms with E-state index in [1.165, 1.54) is 50.0 Å². The van der Waals surface area contributed by atoms with Crippen molar-refractivity contribution >= 4 is 79.2 Å². The van der Waals surface area contributed by atoms with Gasteiger partial charge in [-0.2, -0.15) is 0 Å². The van der Waals surface area contributed by atoms with Crippen molar-refractivity contribution in [3.63, 3.8) is 0 Å². The predicted molar refractivity (Wildman–Crippen MR) is 241 cm³/mol. The summed E-state index contributed by atoms with van der Waals surface area (Å²) in [4.78, 5) is 4.87. The molecule has 9 rings (SSSR count). The van der Waals surface area contributed by atoms with Gasteiger partial charge in [0.2, 0.25) is 6.71 Å². The lowest BCUT2D eigenvalue weighted by molar-refractivity contribution is 0.669. The summed E-state index contributed by atoms with van der Waals surface area (Å²) < 4.78 is 6.74. The molecule has 0 bridgehead atoms. The number of fused-ring (bicyclic) bond motifs is 5. The van der Waals surface area contributed by atoms with Gasteiger partial charge >= 0.3 is 0 Å². The lowest BCUT2D eigenvalue weighted by Gasteiger charge is -2.39. The monoisotopic (exact) mass is 728 g/mol. The van der Waals surface area contributed by atoms with E-state index in [2.05, 4.69) is 210 Å². The van der Waals surface area contributed by atoms with E-state index in [1.54, 1.807) is 0 Å². The minimum absolute atomic E-state index is 0.0220. The van der Waals surface area contributed by atoms with Crippen molar-refractivity contribution < 1.29 is 4.42 Å². The Morgan fingerprint density at radius 3 is 1.66 bits per heavy atom. The smallest absolute Gasteiger partial charge is 0.247 e. The molecular formula is C52H49BN2O. The number of rotatable bonds is 8. The lowest BCUT2D eigenvalue weighted by Crippen LogP contribution is -2.59. The van der Waals surface area contributed by atoms with E-state index in [4.69, 9.17) is 4.42 Å². The molecule has 0 spiro atoms. The molecule has 0 saturated carbocycles. The summed E-state index contributed by atoms with van der Waals surface area (Å²) in [5.41, 5.74) is 18.1. The quantitative estimate of drug-likeness (QED) is 0.145. The van der Waals surface area contributed by atoms with Crippen LogP contribution in [-0.2, 0) is 0 Å². The molecule has 276 valence electrons. The summed E-state index contributed by atoms with van der Waals surface area (Å²) in [6, 6.07) is 55.8. The van der Waals surface area contributed by atoms with Crippen LogP contribution in [0.5, 0.6) is 0 Å². The fraction of sp³-hybridized carbons (Fsp3) is 0.192. The number of furan rings is 1. The van der Waals surface area contributed by atoms with Gasteiger partial charge in [0.15, 0.2) is 0 Å². The summed E-state index contributed by atoms with van der Waals surface area (Å²) >= 11 is 0. The first kappa shape index (κ1) is 35.7. The molecule has 0 saturated heterocycles. The zero-order valence-corrected chi connectivity index (χ0v) is 33.5. The standard InChI is InChI=1S/C52H49BN2O/c1-33(2)37-28-43(34(3)4)52(44(29-37)35(5)6)53-46-26-24-41(54(38-17-11-8-12-18-38)39-19-13-9-14-20-39)30-48(46)55(40-21-15-10-16-22-40)49-31-45-42-25-23-36(7)27-50(42)56-51(45)32-47(49)53/h8-35H,1-7H3. The Labute approximate surface area is 332 Å². The minimum Gasteiger partial charge on any atom is -0.456 e. The second-order valence-corrected chi connectivity index (χ2v) is 16.4. The van der Waals surface area contributed by atoms with E-state index in [1.807, 2.05) is 0 Å². The first-order valence-electron chi connectivity index (χ1n) is 20.2. The van der Waals surface area contributed by atoms with Gasteiger partial charge in [0, 0.05) is 44.9 Å². The van der Waals surface area contributed by atoms with Crippen LogP contribution in [0, 0.1) is 6.92 Å². The van der Waals surface area contributed by atoms with Gasteiger partial charge in [0.25, 0.3) is 0 Å². The highest BCUT2D eigenvalue weighted by molar-refractivity contribution is 6.98. The van der Waals surface area contributed by atoms with Crippen molar-refractivity contribution in [2.75, 3.05) is 9.80 Å². The first-order valence-corrected chi connectivity index (χ1v) is 20.2. The Kier molecular flexibility index (Phi) is 9.09. The number of hydrogen-bond donors (Lipinski definition) is 0. The zero-order valence-electron chi connectivity index (χ0n) is 33.5. The van der Waals surface area contributed by atoms with Gasteiger partial charge in [-0.15, -0.1) is 0 Å². The molecule has 56 heavy (non-hydrogen) atoms. The molecular weight excluding hydrogens is 679 g/mol. The largest absolute Gasteiger partial charge is 0.456 e. The van der Waals surface area contributed by atoms with E-state index in [0.29, 0.717) is 17.8 Å². The first-order chi connectivity index (χ1) is 27.2. The van der Waals surface area contributed by atoms with Crippen molar-refractivity contribution in [2.24, 2.45) is 0 Å². The number of hydrogen-bond acceptors (Lipinski definition) is 3. The van der Waals surface area contributed by atoms with E-state index < -0.39 is 0 Å². The highest BCUT2D eigenvalue weighted by Crippen LogP contribution is 2.43. The third-order valence-electron chi connectivity index (χ3n) is 11.7. The van der Waals surface area contributed by atoms with Crippen molar-refractivity contribution in [3.8, 4) is 0 Å². The second kappa shape index (κ2) is 14.3. The molecule has 3 nitrogen and oxygen atoms in total. The molecule has 7 aromatic carbocycles. The van der Waals surface area contributed by atoms with Crippen molar-refractivity contribution in [1.29, 1.82) is 0 Å². The van der Waals surface area contributed by atoms with E-state index in [0.717, 1.165) is 44.7 Å². The maximum absolute atomic E-state index is 6.74. The van der Waals surface area contributed by atoms with E-state index >= 15 is 0 Å². The highest BCUT2D eigenvalue weighted by atomic mass is 16.3. The third kappa shape index (κ3) is 6.09. The maximum Gasteiger partial charge on any atom is 0.247 e. The molecule has 0 unspecified atom stereocenters. The van der Waals surface area contributed by atoms with Crippen molar-refractivity contribution in [1.82, 2.24) is 0 Å². The number of aryl methyl sites for hydroxylation is 1. The van der Waals surface area contributed by atoms with Crippen molar-refractivity contribution in [3.05, 3.63) is 174 Å². The molecule has 4 heteroatoms. The van der Waals surface area contributed by atoms with Crippen LogP contribution in [0.3, 0.4) is 0 Å². The average molecular weight is 729 g/mol. The fourth-order valence-electron chi connectivity index (χ4n) is 8.88. The molecule has 2 heterocycles. The minimum atomic E-state index is -0.0220. The number of benzene rings is 7. The topological polar surface area (TPSA) is 19.6 Å². The summed E-state index contributed by atoms with van der Waals surface area (Å²) in [6.45, 7) is 16.2. The van der Waals surface area contributed by atoms with Crippen LogP contribution in [0.25, 0.3) is 21.9 Å². The van der Waals surface area contributed by atoms with Crippen LogP contribution in [0.15, 0.2) is 156 Å². The summed E-state index contributed by atoms with van der Waals surface area (Å²) in [7, 11) is 0. The van der Waals surface area contributed by atoms with Gasteiger partial charge < -0.3 is 14.2 Å². The lowest BCUT2D eigenvalue weighted by atomic mass is 9.33. The van der Waals surface area contributed by atoms with Gasteiger partial charge in [0.1, 0.15) is 11.2 Å². The molecule has 1 aliphatic rings. The number of anilines is 6. The van der Waals surface area contributed by atoms with Crippen LogP contribution in [0.2, 0.25) is 0 Å². The van der Waals surface area contributed by atoms with Crippen LogP contribution in [0.1, 0.15) is 81.5 Å². The summed E-state index contributed by atoms with van der Waals surface area (Å²) in [5.74, 6) is 1.11. The van der Waals surface area contributed by atoms with Crippen molar-refractivity contribution in [2.45, 2.75) is 66.2 Å². The van der Waals surface area contributed by atoms with E-state index in [9.17, 15) is 0 Å². The van der Waals surface area contributed by atoms with Crippen LogP contribution in [-0.4, -0.2) is 6.71 Å². The van der Waals surface area contributed by atoms with Crippen LogP contribution in [0.4, 0.5) is 34.1 Å². The van der Waals surface area contributed by atoms with Gasteiger partial charge in [-0.25, -0.2) is 0 Å². The Bertz CT molecular complexity index is 2630. The normalized spacial score (nSPS) is 12.6. The predicted octanol–water partition coefficient (Wildman–Crippen LogP) is 13.0. The van der Waals surface area contributed by atoms with Gasteiger partial charge in [-0.1, -0.05) is 132 Å². The number of para-hydroxylation sites is 3. The van der Waals surface area contributed by atoms with Gasteiger partial charge in [-0.05, 0) is 125 Å². The Hall–Kier alpha value is -6.00. The molecule has 0 atom stereocenters. The zero-order chi connectivity index (χ0) is 38.7. The molecule has 0 amide bonds. The molecule has 1 aliphatic heterocycles. The Morgan fingerprint density at radius 2 is 1.07 bits per heavy atom. The molecule has 0 radical (unpaired) electrons. The SMILES string of the molecule is Cc1ccc2c(c1)oc1cc3c(cc12)N(c1ccccc1)c1cc(N(c2ccccc2)c2ccccc2)ccc1B3c1c(C(C)C)cc(C(C)C)cc1C(C)C. The molecule has 0 N–H and O–H groups in total. The van der Waals surface area contributed by atoms with Crippen LogP contribution >= 0.6 is 0 Å². The maximum atomic E-state index is 6.74. The van der Waals surface area contributed by atoms with E-state index in [-0.39, 0.29) is 6.71 Å². The molecule has 1 aromatic heterocycles. The van der Waals surface area contributed by atoms with Crippen LogP contribution < -0.4 is 26.2 Å². The molecule has 8 aromatic rings. The third-order valence-corrected chi connectivity index (χ3v) is 11.7. The summed E-state index contributed by atoms with van der Waals surface area (Å²) in [5, 5.41) is 2.28. The second-order valence-electron chi connectivity index (χ2n) is 16.4. The van der Waals surface area contributed by atoms with Gasteiger partial charge in [0.05, 0.1) is 0 Å². The molecule has 0 fully saturated rings. The average Bonchev–Trinajstić information content (AvgIpc) is 3.56. The fourth-order valence-corrected chi connectivity index (χ4v) is 8.88. The summed E-state index contributed by atoms with van der Waals surface area (Å²) in [6.07, 6.45) is 0. The Balaban J connectivity index is 1.40. The Morgan fingerprint density at radius 1 is 0.500 bits per heavy atom. The number of nitrogens with zero attached hydrogens (tertiary/aromatic N) is 2. The molecule has 0 aliphatic carbocycles. The highest BCUT2D eigenvalue weighted by Gasteiger charge is 2.40. The van der Waals surface area contributed by atoms with Gasteiger partial charge in [-0.3, -0.25) is 0 Å².